The van der Waals surface area contributed by atoms with Gasteiger partial charge in [0.1, 0.15) is 0 Å². The highest BCUT2D eigenvalue weighted by atomic mass is 79.9. The Morgan fingerprint density at radius 3 is 2.41 bits per heavy atom. The van der Waals surface area contributed by atoms with Crippen molar-refractivity contribution in [3.05, 3.63) is 93.4 Å². The molecule has 3 nitrogen and oxygen atoms in total. The molecular weight excluding hydrogens is 422 g/mol. The van der Waals surface area contributed by atoms with Crippen LogP contribution in [-0.4, -0.2) is 9.55 Å². The van der Waals surface area contributed by atoms with Crippen LogP contribution in [0.4, 0.5) is 5.95 Å². The number of imidazole rings is 1. The van der Waals surface area contributed by atoms with Crippen molar-refractivity contribution < 1.29 is 0 Å². The zero-order chi connectivity index (χ0) is 18.4. The maximum absolute atomic E-state index is 6.13. The number of hydrogen-bond acceptors (Lipinski definition) is 2. The predicted octanol–water partition coefficient (Wildman–Crippen LogP) is 6.60. The van der Waals surface area contributed by atoms with Crippen molar-refractivity contribution >= 4 is 44.5 Å². The first-order valence-electron chi connectivity index (χ1n) is 8.93. The van der Waals surface area contributed by atoms with Gasteiger partial charge in [-0.25, -0.2) is 4.98 Å². The van der Waals surface area contributed by atoms with Gasteiger partial charge < -0.3 is 9.88 Å². The van der Waals surface area contributed by atoms with Gasteiger partial charge in [0, 0.05) is 9.50 Å². The number of benzene rings is 3. The number of nitrogens with zero attached hydrogens (tertiary/aromatic N) is 2. The molecule has 2 atom stereocenters. The highest BCUT2D eigenvalue weighted by Crippen LogP contribution is 2.41. The lowest BCUT2D eigenvalue weighted by atomic mass is 9.93. The molecule has 0 bridgehead atoms. The average Bonchev–Trinajstić information content (AvgIpc) is 3.07. The van der Waals surface area contributed by atoms with Gasteiger partial charge in [0.2, 0.25) is 5.95 Å². The highest BCUT2D eigenvalue weighted by molar-refractivity contribution is 9.10. The van der Waals surface area contributed by atoms with Crippen LogP contribution in [0.2, 0.25) is 5.02 Å². The van der Waals surface area contributed by atoms with Gasteiger partial charge in [-0.05, 0) is 53.9 Å². The van der Waals surface area contributed by atoms with Crippen LogP contribution in [0.25, 0.3) is 11.0 Å². The normalized spacial score (nSPS) is 18.9. The molecule has 0 spiro atoms. The zero-order valence-corrected chi connectivity index (χ0v) is 16.8. The molecule has 4 aromatic rings. The van der Waals surface area contributed by atoms with Crippen molar-refractivity contribution in [3.63, 3.8) is 0 Å². The summed E-state index contributed by atoms with van der Waals surface area (Å²) < 4.78 is 3.40. The van der Waals surface area contributed by atoms with Crippen LogP contribution < -0.4 is 5.32 Å². The summed E-state index contributed by atoms with van der Waals surface area (Å²) in [6.45, 7) is 0. The second kappa shape index (κ2) is 6.70. The average molecular weight is 439 g/mol. The first-order valence-corrected chi connectivity index (χ1v) is 10.1. The van der Waals surface area contributed by atoms with E-state index in [1.54, 1.807) is 0 Å². The first kappa shape index (κ1) is 16.8. The summed E-state index contributed by atoms with van der Waals surface area (Å²) in [6, 6.07) is 25.4. The molecule has 3 aromatic carbocycles. The van der Waals surface area contributed by atoms with Gasteiger partial charge in [0.25, 0.3) is 0 Å². The lowest BCUT2D eigenvalue weighted by Crippen LogP contribution is -2.27. The van der Waals surface area contributed by atoms with Gasteiger partial charge in [0.15, 0.2) is 0 Å². The summed E-state index contributed by atoms with van der Waals surface area (Å²) in [5.74, 6) is 0.912. The predicted molar refractivity (Wildman–Crippen MR) is 114 cm³/mol. The first-order chi connectivity index (χ1) is 13.2. The van der Waals surface area contributed by atoms with E-state index in [-0.39, 0.29) is 12.1 Å². The van der Waals surface area contributed by atoms with Gasteiger partial charge in [-0.2, -0.15) is 0 Å². The van der Waals surface area contributed by atoms with Crippen molar-refractivity contribution in [2.75, 3.05) is 5.32 Å². The minimum absolute atomic E-state index is 0.194. The molecular formula is C22H17BrClN3. The summed E-state index contributed by atoms with van der Waals surface area (Å²) >= 11 is 9.65. The molecule has 0 radical (unpaired) electrons. The molecule has 5 heteroatoms. The number of rotatable bonds is 2. The fourth-order valence-electron chi connectivity index (χ4n) is 3.89. The molecule has 0 aliphatic carbocycles. The third-order valence-corrected chi connectivity index (χ3v) is 5.98. The Balaban J connectivity index is 1.65. The molecule has 1 aliphatic rings. The van der Waals surface area contributed by atoms with Crippen LogP contribution in [-0.2, 0) is 0 Å². The van der Waals surface area contributed by atoms with Crippen molar-refractivity contribution in [2.45, 2.75) is 18.5 Å². The van der Waals surface area contributed by atoms with E-state index >= 15 is 0 Å². The molecule has 0 saturated heterocycles. The molecule has 0 fully saturated rings. The summed E-state index contributed by atoms with van der Waals surface area (Å²) in [6.07, 6.45) is 0.941. The standard InChI is InChI=1S/C22H17BrClN3/c23-16-9-5-14(6-10-16)19-13-21(15-7-11-17(24)12-8-15)27-20-4-2-1-3-18(20)25-22(27)26-19/h1-12,19,21H,13H2,(H,25,26). The number of anilines is 1. The summed E-state index contributed by atoms with van der Waals surface area (Å²) in [4.78, 5) is 4.86. The largest absolute Gasteiger partial charge is 0.349 e. The molecule has 1 N–H and O–H groups in total. The second-order valence-corrected chi connectivity index (χ2v) is 8.20. The quantitative estimate of drug-likeness (QED) is 0.382. The number of hydrogen-bond donors (Lipinski definition) is 1. The number of nitrogens with one attached hydrogen (secondary N) is 1. The van der Waals surface area contributed by atoms with Crippen LogP contribution in [0.1, 0.15) is 29.6 Å². The Bertz CT molecular complexity index is 1100. The van der Waals surface area contributed by atoms with Gasteiger partial charge >= 0.3 is 0 Å². The Labute approximate surface area is 171 Å². The minimum atomic E-state index is 0.194. The molecule has 27 heavy (non-hydrogen) atoms. The van der Waals surface area contributed by atoms with E-state index in [0.717, 1.165) is 32.9 Å². The van der Waals surface area contributed by atoms with Crippen molar-refractivity contribution in [1.29, 1.82) is 0 Å². The van der Waals surface area contributed by atoms with E-state index in [1.807, 2.05) is 18.2 Å². The third kappa shape index (κ3) is 3.03. The fourth-order valence-corrected chi connectivity index (χ4v) is 4.28. The van der Waals surface area contributed by atoms with E-state index in [1.165, 1.54) is 11.1 Å². The second-order valence-electron chi connectivity index (χ2n) is 6.85. The molecule has 1 aliphatic heterocycles. The summed E-state index contributed by atoms with van der Waals surface area (Å²) in [5, 5.41) is 4.40. The molecule has 1 aromatic heterocycles. The molecule has 134 valence electrons. The monoisotopic (exact) mass is 437 g/mol. The van der Waals surface area contributed by atoms with Crippen LogP contribution >= 0.6 is 27.5 Å². The number of aromatic nitrogens is 2. The number of halogens is 2. The Morgan fingerprint density at radius 2 is 1.63 bits per heavy atom. The highest BCUT2D eigenvalue weighted by Gasteiger charge is 2.30. The van der Waals surface area contributed by atoms with Crippen LogP contribution in [0, 0.1) is 0 Å². The van der Waals surface area contributed by atoms with Crippen molar-refractivity contribution in [1.82, 2.24) is 9.55 Å². The molecule has 2 unspecified atom stereocenters. The fraction of sp³-hybridized carbons (Fsp3) is 0.136. The van der Waals surface area contributed by atoms with Gasteiger partial charge in [-0.3, -0.25) is 0 Å². The van der Waals surface area contributed by atoms with Crippen molar-refractivity contribution in [3.8, 4) is 0 Å². The van der Waals surface area contributed by atoms with Crippen LogP contribution in [0.5, 0.6) is 0 Å². The van der Waals surface area contributed by atoms with E-state index in [9.17, 15) is 0 Å². The maximum Gasteiger partial charge on any atom is 0.204 e. The molecule has 5 rings (SSSR count). The zero-order valence-electron chi connectivity index (χ0n) is 14.4. The van der Waals surface area contributed by atoms with Gasteiger partial charge in [-0.15, -0.1) is 0 Å². The van der Waals surface area contributed by atoms with E-state index in [4.69, 9.17) is 16.6 Å². The topological polar surface area (TPSA) is 29.9 Å². The number of fused-ring (bicyclic) bond motifs is 3. The molecule has 0 amide bonds. The van der Waals surface area contributed by atoms with Crippen LogP contribution in [0.15, 0.2) is 77.3 Å². The Hall–Kier alpha value is -2.30. The Morgan fingerprint density at radius 1 is 0.926 bits per heavy atom. The lowest BCUT2D eigenvalue weighted by molar-refractivity contribution is 0.477. The van der Waals surface area contributed by atoms with Crippen molar-refractivity contribution in [2.24, 2.45) is 0 Å². The van der Waals surface area contributed by atoms with Gasteiger partial charge in [-0.1, -0.05) is 63.9 Å². The minimum Gasteiger partial charge on any atom is -0.349 e. The third-order valence-electron chi connectivity index (χ3n) is 5.20. The maximum atomic E-state index is 6.13. The van der Waals surface area contributed by atoms with E-state index < -0.39 is 0 Å². The molecule has 0 saturated carbocycles. The van der Waals surface area contributed by atoms with Crippen LogP contribution in [0.3, 0.4) is 0 Å². The van der Waals surface area contributed by atoms with E-state index in [0.29, 0.717) is 0 Å². The van der Waals surface area contributed by atoms with Gasteiger partial charge in [0.05, 0.1) is 23.1 Å². The lowest BCUT2D eigenvalue weighted by Gasteiger charge is -2.33. The van der Waals surface area contributed by atoms with E-state index in [2.05, 4.69) is 80.4 Å². The summed E-state index contributed by atoms with van der Waals surface area (Å²) in [5.41, 5.74) is 4.66. The summed E-state index contributed by atoms with van der Waals surface area (Å²) in [7, 11) is 0. The number of para-hydroxylation sites is 2. The molecule has 2 heterocycles. The SMILES string of the molecule is Clc1ccc(C2CC(c3ccc(Br)cc3)Nc3nc4ccccc4n32)cc1. The Kier molecular flexibility index (Phi) is 4.18. The smallest absolute Gasteiger partial charge is 0.204 e.